The smallest absolute Gasteiger partial charge is 0.316 e. The highest BCUT2D eigenvalue weighted by Gasteiger charge is 2.20. The van der Waals surface area contributed by atoms with E-state index in [-0.39, 0.29) is 0 Å². The first-order valence-corrected chi connectivity index (χ1v) is 10.8. The molecule has 0 fully saturated rings. The predicted octanol–water partition coefficient (Wildman–Crippen LogP) is 2.62. The zero-order chi connectivity index (χ0) is 14.0. The highest BCUT2D eigenvalue weighted by atomic mass is 32.7. The summed E-state index contributed by atoms with van der Waals surface area (Å²) in [5.74, 6) is 0. The van der Waals surface area contributed by atoms with Gasteiger partial charge in [-0.2, -0.15) is 0 Å². The third-order valence-electron chi connectivity index (χ3n) is 1.85. The van der Waals surface area contributed by atoms with E-state index in [0.717, 1.165) is 0 Å². The molecule has 0 saturated carbocycles. The van der Waals surface area contributed by atoms with Gasteiger partial charge in [0.1, 0.15) is 0 Å². The van der Waals surface area contributed by atoms with Gasteiger partial charge in [0.25, 0.3) is 0 Å². The van der Waals surface area contributed by atoms with Crippen molar-refractivity contribution >= 4 is 36.4 Å². The van der Waals surface area contributed by atoms with Gasteiger partial charge in [0, 0.05) is 9.79 Å². The van der Waals surface area contributed by atoms with Crippen molar-refractivity contribution in [3.8, 4) is 0 Å². The molecule has 0 aromatic heterocycles. The largest absolute Gasteiger partial charge is 0.388 e. The molecule has 4 N–H and O–H groups in total. The molecule has 0 atom stereocenters. The van der Waals surface area contributed by atoms with E-state index in [4.69, 9.17) is 19.6 Å². The Morgan fingerprint density at radius 3 is 2.06 bits per heavy atom. The quantitative estimate of drug-likeness (QED) is 0.609. The van der Waals surface area contributed by atoms with Crippen LogP contribution in [0.15, 0.2) is 28.0 Å². The zero-order valence-corrected chi connectivity index (χ0v) is 12.7. The first kappa shape index (κ1) is 16.3. The van der Waals surface area contributed by atoms with E-state index in [1.165, 1.54) is 18.2 Å². The van der Waals surface area contributed by atoms with E-state index in [2.05, 4.69) is 0 Å². The second-order valence-electron chi connectivity index (χ2n) is 3.29. The zero-order valence-electron chi connectivity index (χ0n) is 9.26. The summed E-state index contributed by atoms with van der Waals surface area (Å²) in [5.41, 5.74) is 0.641. The molecule has 0 heterocycles. The van der Waals surface area contributed by atoms with Crippen molar-refractivity contribution in [2.45, 2.75) is 23.1 Å². The van der Waals surface area contributed by atoms with Crippen LogP contribution in [0.3, 0.4) is 0 Å². The van der Waals surface area contributed by atoms with Crippen LogP contribution in [-0.2, 0) is 15.6 Å². The average Bonchev–Trinajstić information content (AvgIpc) is 2.16. The molecular formula is C8H12O6P2S2. The molecule has 0 amide bonds. The molecule has 1 aromatic rings. The molecule has 0 unspecified atom stereocenters. The lowest BCUT2D eigenvalue weighted by Gasteiger charge is -2.10. The third-order valence-corrected chi connectivity index (χ3v) is 6.04. The molecule has 18 heavy (non-hydrogen) atoms. The van der Waals surface area contributed by atoms with Gasteiger partial charge in [-0.05, 0) is 52.9 Å². The van der Waals surface area contributed by atoms with E-state index in [9.17, 15) is 9.13 Å². The minimum Gasteiger partial charge on any atom is -0.316 e. The van der Waals surface area contributed by atoms with Crippen molar-refractivity contribution in [1.82, 2.24) is 0 Å². The lowest BCUT2D eigenvalue weighted by atomic mass is 10.2. The van der Waals surface area contributed by atoms with Crippen LogP contribution in [0.2, 0.25) is 0 Å². The maximum Gasteiger partial charge on any atom is 0.388 e. The van der Waals surface area contributed by atoms with Crippen molar-refractivity contribution in [3.05, 3.63) is 23.8 Å². The van der Waals surface area contributed by atoms with Crippen molar-refractivity contribution < 1.29 is 28.7 Å². The maximum absolute atomic E-state index is 10.9. The monoisotopic (exact) mass is 330 g/mol. The number of hydrogen-bond acceptors (Lipinski definition) is 4. The van der Waals surface area contributed by atoms with Gasteiger partial charge in [0.2, 0.25) is 0 Å². The third kappa shape index (κ3) is 5.91. The van der Waals surface area contributed by atoms with E-state index in [1.54, 1.807) is 6.92 Å². The summed E-state index contributed by atoms with van der Waals surface area (Å²) in [6.45, 7) is -6.65. The van der Waals surface area contributed by atoms with Crippen LogP contribution < -0.4 is 0 Å². The number of benzene rings is 1. The van der Waals surface area contributed by atoms with Crippen LogP contribution in [-0.4, -0.2) is 19.6 Å². The molecule has 0 spiro atoms. The fourth-order valence-electron chi connectivity index (χ4n) is 1.24. The van der Waals surface area contributed by atoms with Crippen molar-refractivity contribution in [3.63, 3.8) is 0 Å². The van der Waals surface area contributed by atoms with Gasteiger partial charge >= 0.3 is 13.6 Å². The summed E-state index contributed by atoms with van der Waals surface area (Å²) in [6.07, 6.45) is 0.512. The lowest BCUT2D eigenvalue weighted by Crippen LogP contribution is -1.87. The number of hydrogen-bond donors (Lipinski definition) is 4. The molecular weight excluding hydrogens is 318 g/mol. The highest BCUT2D eigenvalue weighted by molar-refractivity contribution is 8.55. The Hall–Kier alpha value is 0.220. The summed E-state index contributed by atoms with van der Waals surface area (Å²) in [5, 5.41) is 0. The Balaban J connectivity index is 3.04. The molecule has 1 aromatic carbocycles. The SMILES string of the molecule is CCc1cc(SP(=O)(O)O)ccc1SP(=O)(O)O. The Kier molecular flexibility index (Phi) is 5.53. The molecule has 0 saturated heterocycles. The lowest BCUT2D eigenvalue weighted by molar-refractivity contribution is 0.394. The Labute approximate surface area is 112 Å². The fourth-order valence-corrected chi connectivity index (χ4v) is 5.02. The Morgan fingerprint density at radius 2 is 1.61 bits per heavy atom. The van der Waals surface area contributed by atoms with Gasteiger partial charge in [-0.1, -0.05) is 6.92 Å². The summed E-state index contributed by atoms with van der Waals surface area (Å²) >= 11 is 0.862. The predicted molar refractivity (Wildman–Crippen MR) is 71.6 cm³/mol. The number of rotatable bonds is 5. The molecule has 0 bridgehead atoms. The van der Waals surface area contributed by atoms with E-state index < -0.39 is 13.6 Å². The van der Waals surface area contributed by atoms with Crippen molar-refractivity contribution in [2.24, 2.45) is 0 Å². The fraction of sp³-hybridized carbons (Fsp3) is 0.250. The number of aryl methyl sites for hydroxylation is 1. The molecule has 6 nitrogen and oxygen atoms in total. The second-order valence-corrected chi connectivity index (χ2v) is 10.5. The maximum atomic E-state index is 10.9. The average molecular weight is 330 g/mol. The summed E-state index contributed by atoms with van der Waals surface area (Å²) < 4.78 is 21.8. The topological polar surface area (TPSA) is 115 Å². The van der Waals surface area contributed by atoms with Crippen LogP contribution in [0.25, 0.3) is 0 Å². The summed E-state index contributed by atoms with van der Waals surface area (Å²) in [6, 6.07) is 4.42. The molecule has 0 aliphatic heterocycles. The summed E-state index contributed by atoms with van der Waals surface area (Å²) in [7, 11) is 0. The standard InChI is InChI=1S/C8H12O6P2S2/c1-2-6-5-7(17-15(9,10)11)3-4-8(6)18-16(12,13)14/h3-5H,2H2,1H3,(H2,9,10,11)(H2,12,13,14). The van der Waals surface area contributed by atoms with E-state index >= 15 is 0 Å². The van der Waals surface area contributed by atoms with Gasteiger partial charge in [-0.25, -0.2) is 9.13 Å². The van der Waals surface area contributed by atoms with Crippen LogP contribution in [0.1, 0.15) is 12.5 Å². The van der Waals surface area contributed by atoms with Gasteiger partial charge in [-0.3, -0.25) is 0 Å². The van der Waals surface area contributed by atoms with Crippen LogP contribution in [0, 0.1) is 0 Å². The molecule has 0 aliphatic rings. The van der Waals surface area contributed by atoms with E-state index in [0.29, 0.717) is 44.5 Å². The first-order valence-electron chi connectivity index (χ1n) is 4.74. The minimum atomic E-state index is -4.23. The first-order chi connectivity index (χ1) is 8.11. The van der Waals surface area contributed by atoms with Crippen molar-refractivity contribution in [2.75, 3.05) is 0 Å². The minimum absolute atomic E-state index is 0.371. The highest BCUT2D eigenvalue weighted by Crippen LogP contribution is 2.57. The second kappa shape index (κ2) is 6.11. The Morgan fingerprint density at radius 1 is 1.06 bits per heavy atom. The summed E-state index contributed by atoms with van der Waals surface area (Å²) in [4.78, 5) is 36.2. The molecule has 0 radical (unpaired) electrons. The Bertz CT molecular complexity index is 522. The normalized spacial score (nSPS) is 12.7. The molecule has 1 rings (SSSR count). The molecule has 0 aliphatic carbocycles. The van der Waals surface area contributed by atoms with Gasteiger partial charge in [0.15, 0.2) is 0 Å². The van der Waals surface area contributed by atoms with E-state index in [1.807, 2.05) is 0 Å². The van der Waals surface area contributed by atoms with Gasteiger partial charge in [0.05, 0.1) is 0 Å². The van der Waals surface area contributed by atoms with Crippen LogP contribution in [0.4, 0.5) is 0 Å². The van der Waals surface area contributed by atoms with Crippen LogP contribution in [0.5, 0.6) is 0 Å². The molecule has 102 valence electrons. The van der Waals surface area contributed by atoms with Gasteiger partial charge in [-0.15, -0.1) is 0 Å². The molecule has 10 heteroatoms. The van der Waals surface area contributed by atoms with Gasteiger partial charge < -0.3 is 19.6 Å². The van der Waals surface area contributed by atoms with Crippen LogP contribution >= 0.6 is 36.4 Å². The van der Waals surface area contributed by atoms with Crippen molar-refractivity contribution in [1.29, 1.82) is 0 Å².